The van der Waals surface area contributed by atoms with E-state index in [9.17, 15) is 0 Å². The number of thiazole rings is 1. The Morgan fingerprint density at radius 3 is 2.53 bits per heavy atom. The van der Waals surface area contributed by atoms with Gasteiger partial charge in [0.15, 0.2) is 0 Å². The van der Waals surface area contributed by atoms with Crippen molar-refractivity contribution < 1.29 is 4.74 Å². The zero-order valence-electron chi connectivity index (χ0n) is 11.8. The minimum Gasteiger partial charge on any atom is -0.372 e. The molecule has 1 aromatic heterocycles. The molecule has 0 saturated heterocycles. The first-order valence-corrected chi connectivity index (χ1v) is 6.98. The van der Waals surface area contributed by atoms with Gasteiger partial charge in [0.2, 0.25) is 0 Å². The molecule has 1 N–H and O–H groups in total. The lowest BCUT2D eigenvalue weighted by molar-refractivity contribution is 0.0760. The summed E-state index contributed by atoms with van der Waals surface area (Å²) in [6.45, 7) is 12.3. The summed E-state index contributed by atoms with van der Waals surface area (Å²) in [5, 5.41) is 4.30. The maximum Gasteiger partial charge on any atom is 0.122 e. The molecule has 1 heterocycles. The molecule has 1 unspecified atom stereocenters. The van der Waals surface area contributed by atoms with Crippen LogP contribution in [0, 0.1) is 0 Å². The van der Waals surface area contributed by atoms with E-state index >= 15 is 0 Å². The molecule has 4 heteroatoms. The molecule has 0 aromatic carbocycles. The van der Waals surface area contributed by atoms with Gasteiger partial charge >= 0.3 is 0 Å². The summed E-state index contributed by atoms with van der Waals surface area (Å²) >= 11 is 1.76. The van der Waals surface area contributed by atoms with Gasteiger partial charge in [-0.3, -0.25) is 0 Å². The monoisotopic (exact) mass is 256 g/mol. The molecule has 0 aliphatic carbocycles. The van der Waals surface area contributed by atoms with E-state index < -0.39 is 0 Å². The molecule has 0 radical (unpaired) electrons. The molecule has 0 saturated carbocycles. The minimum atomic E-state index is 0.0901. The van der Waals surface area contributed by atoms with Gasteiger partial charge < -0.3 is 10.1 Å². The molecule has 0 amide bonds. The van der Waals surface area contributed by atoms with Crippen LogP contribution in [0.3, 0.4) is 0 Å². The van der Waals surface area contributed by atoms with Crippen molar-refractivity contribution in [2.45, 2.75) is 52.7 Å². The molecule has 0 fully saturated rings. The van der Waals surface area contributed by atoms with E-state index in [4.69, 9.17) is 9.72 Å². The number of nitrogens with one attached hydrogen (secondary N) is 1. The Hall–Kier alpha value is -0.450. The normalized spacial score (nSPS) is 14.0. The number of rotatable bonds is 5. The van der Waals surface area contributed by atoms with E-state index in [-0.39, 0.29) is 11.5 Å². The number of hydrogen-bond acceptors (Lipinski definition) is 4. The van der Waals surface area contributed by atoms with Gasteiger partial charge in [-0.25, -0.2) is 4.98 Å². The van der Waals surface area contributed by atoms with Crippen LogP contribution in [0.25, 0.3) is 0 Å². The Kier molecular flexibility index (Phi) is 5.10. The molecule has 0 aliphatic rings. The molecule has 3 nitrogen and oxygen atoms in total. The first kappa shape index (κ1) is 14.6. The fourth-order valence-corrected chi connectivity index (χ4v) is 3.02. The number of nitrogens with zero attached hydrogens (tertiary/aromatic N) is 1. The maximum atomic E-state index is 5.61. The molecule has 1 aromatic rings. The number of ether oxygens (including phenoxy) is 1. The molecule has 1 atom stereocenters. The van der Waals surface area contributed by atoms with E-state index in [1.165, 1.54) is 10.6 Å². The van der Waals surface area contributed by atoms with E-state index in [1.807, 2.05) is 14.0 Å². The van der Waals surface area contributed by atoms with Gasteiger partial charge in [0.05, 0.1) is 5.69 Å². The average molecular weight is 256 g/mol. The molecular weight excluding hydrogens is 232 g/mol. The van der Waals surface area contributed by atoms with Crippen molar-refractivity contribution >= 4 is 11.3 Å². The lowest BCUT2D eigenvalue weighted by atomic mass is 9.91. The summed E-state index contributed by atoms with van der Waals surface area (Å²) in [4.78, 5) is 6.09. The highest BCUT2D eigenvalue weighted by Crippen LogP contribution is 2.32. The Balaban J connectivity index is 3.03. The van der Waals surface area contributed by atoms with Crippen LogP contribution in [-0.2, 0) is 16.7 Å². The lowest BCUT2D eigenvalue weighted by Gasteiger charge is -2.17. The van der Waals surface area contributed by atoms with Gasteiger partial charge in [-0.1, -0.05) is 20.8 Å². The quantitative estimate of drug-likeness (QED) is 0.878. The molecule has 0 spiro atoms. The van der Waals surface area contributed by atoms with Crippen LogP contribution < -0.4 is 5.32 Å². The zero-order chi connectivity index (χ0) is 13.1. The van der Waals surface area contributed by atoms with Gasteiger partial charge in [-0.05, 0) is 20.9 Å². The summed E-state index contributed by atoms with van der Waals surface area (Å²) in [5.41, 5.74) is 1.28. The van der Waals surface area contributed by atoms with Gasteiger partial charge in [0, 0.05) is 23.4 Å². The number of aromatic nitrogens is 1. The predicted octanol–water partition coefficient (Wildman–Crippen LogP) is 3.26. The van der Waals surface area contributed by atoms with Gasteiger partial charge in [0.25, 0.3) is 0 Å². The van der Waals surface area contributed by atoms with Crippen molar-refractivity contribution in [1.29, 1.82) is 0 Å². The maximum absolute atomic E-state index is 5.61. The Labute approximate surface area is 109 Å². The van der Waals surface area contributed by atoms with Gasteiger partial charge in [-0.15, -0.1) is 11.3 Å². The smallest absolute Gasteiger partial charge is 0.122 e. The van der Waals surface area contributed by atoms with Crippen molar-refractivity contribution in [3.8, 4) is 0 Å². The second kappa shape index (κ2) is 5.94. The van der Waals surface area contributed by atoms with Gasteiger partial charge in [-0.2, -0.15) is 0 Å². The highest BCUT2D eigenvalue weighted by molar-refractivity contribution is 7.11. The average Bonchev–Trinajstić information content (AvgIpc) is 2.62. The van der Waals surface area contributed by atoms with Crippen molar-refractivity contribution in [3.05, 3.63) is 15.6 Å². The standard InChI is InChI=1S/C13H24N2OS/c1-7-16-9(2)12-15-11(13(3,4)5)10(17-12)8-14-6/h9,14H,7-8H2,1-6H3. The third-order valence-corrected chi connectivity index (χ3v) is 3.74. The van der Waals surface area contributed by atoms with E-state index in [2.05, 4.69) is 33.0 Å². The zero-order valence-corrected chi connectivity index (χ0v) is 12.6. The Morgan fingerprint density at radius 2 is 2.06 bits per heavy atom. The molecule has 0 bridgehead atoms. The second-order valence-electron chi connectivity index (χ2n) is 5.20. The third kappa shape index (κ3) is 3.76. The third-order valence-electron chi connectivity index (χ3n) is 2.53. The summed E-state index contributed by atoms with van der Waals surface area (Å²) < 4.78 is 5.61. The summed E-state index contributed by atoms with van der Waals surface area (Å²) in [5.74, 6) is 0. The minimum absolute atomic E-state index is 0.0901. The fraction of sp³-hybridized carbons (Fsp3) is 0.769. The van der Waals surface area contributed by atoms with Crippen molar-refractivity contribution in [3.63, 3.8) is 0 Å². The van der Waals surface area contributed by atoms with Crippen LogP contribution in [0.15, 0.2) is 0 Å². The fourth-order valence-electron chi connectivity index (χ4n) is 1.73. The largest absolute Gasteiger partial charge is 0.372 e. The highest BCUT2D eigenvalue weighted by Gasteiger charge is 2.24. The molecule has 17 heavy (non-hydrogen) atoms. The first-order chi connectivity index (χ1) is 7.90. The van der Waals surface area contributed by atoms with E-state index in [1.54, 1.807) is 11.3 Å². The highest BCUT2D eigenvalue weighted by atomic mass is 32.1. The van der Waals surface area contributed by atoms with Crippen LogP contribution in [0.1, 0.15) is 56.3 Å². The second-order valence-corrected chi connectivity index (χ2v) is 6.32. The van der Waals surface area contributed by atoms with E-state index in [0.29, 0.717) is 0 Å². The molecule has 98 valence electrons. The van der Waals surface area contributed by atoms with Crippen LogP contribution in [-0.4, -0.2) is 18.6 Å². The first-order valence-electron chi connectivity index (χ1n) is 6.16. The predicted molar refractivity (Wildman–Crippen MR) is 73.6 cm³/mol. The Bertz CT molecular complexity index is 355. The topological polar surface area (TPSA) is 34.1 Å². The summed E-state index contributed by atoms with van der Waals surface area (Å²) in [6, 6.07) is 0. The van der Waals surface area contributed by atoms with Crippen LogP contribution in [0.2, 0.25) is 0 Å². The van der Waals surface area contributed by atoms with Crippen LogP contribution in [0.5, 0.6) is 0 Å². The van der Waals surface area contributed by atoms with E-state index in [0.717, 1.165) is 18.2 Å². The van der Waals surface area contributed by atoms with Gasteiger partial charge in [0.1, 0.15) is 11.1 Å². The van der Waals surface area contributed by atoms with Crippen LogP contribution >= 0.6 is 11.3 Å². The lowest BCUT2D eigenvalue weighted by Crippen LogP contribution is -2.16. The van der Waals surface area contributed by atoms with Crippen molar-refractivity contribution in [2.24, 2.45) is 0 Å². The Morgan fingerprint density at radius 1 is 1.41 bits per heavy atom. The van der Waals surface area contributed by atoms with Crippen molar-refractivity contribution in [1.82, 2.24) is 10.3 Å². The SMILES string of the molecule is CCOC(C)c1nc(C(C)(C)C)c(CNC)s1. The van der Waals surface area contributed by atoms with Crippen molar-refractivity contribution in [2.75, 3.05) is 13.7 Å². The molecule has 1 rings (SSSR count). The summed E-state index contributed by atoms with van der Waals surface area (Å²) in [6.07, 6.45) is 0.0942. The molecular formula is C13H24N2OS. The molecule has 0 aliphatic heterocycles. The van der Waals surface area contributed by atoms with Crippen LogP contribution in [0.4, 0.5) is 0 Å². The number of hydrogen-bond donors (Lipinski definition) is 1. The summed E-state index contributed by atoms with van der Waals surface area (Å²) in [7, 11) is 1.97.